The third-order valence-corrected chi connectivity index (χ3v) is 5.78. The molecule has 0 aliphatic carbocycles. The average molecular weight is 354 g/mol. The van der Waals surface area contributed by atoms with Gasteiger partial charge in [0.2, 0.25) is 0 Å². The Bertz CT molecular complexity index is 811. The van der Waals surface area contributed by atoms with E-state index in [9.17, 15) is 14.3 Å². The van der Waals surface area contributed by atoms with Crippen LogP contribution in [-0.4, -0.2) is 40.6 Å². The monoisotopic (exact) mass is 354 g/mol. The van der Waals surface area contributed by atoms with Gasteiger partial charge in [0, 0.05) is 32.1 Å². The maximum atomic E-state index is 13.5. The standard InChI is InChI=1S/C21H23FN2O2/c1-14-9-17(22)7-8-18(14)20-19-13-23(10-15-5-3-2-4-6-15)11-16(19)12-24(20)21(25)26/h2-9,16,19-20H,10-13H2,1H3,(H,25,26). The summed E-state index contributed by atoms with van der Waals surface area (Å²) in [6.07, 6.45) is -0.886. The first-order chi connectivity index (χ1) is 12.5. The van der Waals surface area contributed by atoms with Crippen molar-refractivity contribution in [1.82, 2.24) is 9.80 Å². The number of fused-ring (bicyclic) bond motifs is 1. The van der Waals surface area contributed by atoms with Gasteiger partial charge in [0.15, 0.2) is 0 Å². The summed E-state index contributed by atoms with van der Waals surface area (Å²) in [5, 5.41) is 9.68. The highest BCUT2D eigenvalue weighted by molar-refractivity contribution is 5.66. The maximum Gasteiger partial charge on any atom is 0.407 e. The predicted octanol–water partition coefficient (Wildman–Crippen LogP) is 3.92. The molecule has 2 aliphatic rings. The molecule has 2 aliphatic heterocycles. The van der Waals surface area contributed by atoms with E-state index >= 15 is 0 Å². The summed E-state index contributed by atoms with van der Waals surface area (Å²) >= 11 is 0. The van der Waals surface area contributed by atoms with Crippen LogP contribution in [0.3, 0.4) is 0 Å². The highest BCUT2D eigenvalue weighted by atomic mass is 19.1. The second-order valence-electron chi connectivity index (χ2n) is 7.48. The van der Waals surface area contributed by atoms with Crippen molar-refractivity contribution in [2.45, 2.75) is 19.5 Å². The van der Waals surface area contributed by atoms with Crippen molar-refractivity contribution in [3.8, 4) is 0 Å². The van der Waals surface area contributed by atoms with Crippen LogP contribution in [0.2, 0.25) is 0 Å². The van der Waals surface area contributed by atoms with Gasteiger partial charge in [0.05, 0.1) is 6.04 Å². The van der Waals surface area contributed by atoms with Crippen LogP contribution in [0, 0.1) is 24.6 Å². The SMILES string of the molecule is Cc1cc(F)ccc1C1C2CN(Cc3ccccc3)CC2CN1C(=O)O. The molecule has 1 amide bonds. The Morgan fingerprint density at radius 2 is 1.92 bits per heavy atom. The van der Waals surface area contributed by atoms with Crippen LogP contribution < -0.4 is 0 Å². The number of aryl methyl sites for hydroxylation is 1. The quantitative estimate of drug-likeness (QED) is 0.909. The van der Waals surface area contributed by atoms with E-state index < -0.39 is 6.09 Å². The minimum absolute atomic E-state index is 0.195. The number of nitrogens with zero attached hydrogens (tertiary/aromatic N) is 2. The van der Waals surface area contributed by atoms with Crippen molar-refractivity contribution in [1.29, 1.82) is 0 Å². The third-order valence-electron chi connectivity index (χ3n) is 5.78. The van der Waals surface area contributed by atoms with Crippen LogP contribution in [0.5, 0.6) is 0 Å². The zero-order chi connectivity index (χ0) is 18.3. The molecule has 4 rings (SSSR count). The van der Waals surface area contributed by atoms with Crippen LogP contribution in [0.25, 0.3) is 0 Å². The van der Waals surface area contributed by atoms with Gasteiger partial charge in [0.25, 0.3) is 0 Å². The molecule has 2 heterocycles. The number of carboxylic acid groups (broad SMARTS) is 1. The average Bonchev–Trinajstić information content (AvgIpc) is 3.13. The minimum atomic E-state index is -0.886. The second kappa shape index (κ2) is 6.72. The van der Waals surface area contributed by atoms with E-state index in [-0.39, 0.29) is 17.8 Å². The molecular formula is C21H23FN2O2. The third kappa shape index (κ3) is 3.07. The number of hydrogen-bond donors (Lipinski definition) is 1. The Morgan fingerprint density at radius 3 is 2.62 bits per heavy atom. The van der Waals surface area contributed by atoms with Crippen LogP contribution in [-0.2, 0) is 6.54 Å². The fourth-order valence-electron chi connectivity index (χ4n) is 4.67. The lowest BCUT2D eigenvalue weighted by molar-refractivity contribution is 0.128. The Labute approximate surface area is 152 Å². The smallest absolute Gasteiger partial charge is 0.407 e. The van der Waals surface area contributed by atoms with Gasteiger partial charge in [-0.05, 0) is 41.7 Å². The lowest BCUT2D eigenvalue weighted by atomic mass is 9.87. The molecule has 0 saturated carbocycles. The summed E-state index contributed by atoms with van der Waals surface area (Å²) in [7, 11) is 0. The van der Waals surface area contributed by atoms with Crippen LogP contribution in [0.15, 0.2) is 48.5 Å². The summed E-state index contributed by atoms with van der Waals surface area (Å²) in [4.78, 5) is 15.8. The molecule has 0 bridgehead atoms. The van der Waals surface area contributed by atoms with Crippen molar-refractivity contribution in [2.24, 2.45) is 11.8 Å². The summed E-state index contributed by atoms with van der Waals surface area (Å²) < 4.78 is 13.5. The normalized spacial score (nSPS) is 25.5. The van der Waals surface area contributed by atoms with E-state index in [1.54, 1.807) is 11.0 Å². The zero-order valence-corrected chi connectivity index (χ0v) is 14.8. The van der Waals surface area contributed by atoms with Crippen LogP contribution in [0.4, 0.5) is 9.18 Å². The number of halogens is 1. The molecular weight excluding hydrogens is 331 g/mol. The van der Waals surface area contributed by atoms with E-state index in [0.717, 1.165) is 30.8 Å². The Balaban J connectivity index is 1.59. The highest BCUT2D eigenvalue weighted by Gasteiger charge is 2.49. The van der Waals surface area contributed by atoms with Crippen molar-refractivity contribution in [3.63, 3.8) is 0 Å². The number of rotatable bonds is 3. The van der Waals surface area contributed by atoms with E-state index in [1.807, 2.05) is 25.1 Å². The van der Waals surface area contributed by atoms with Gasteiger partial charge in [-0.3, -0.25) is 4.90 Å². The predicted molar refractivity (Wildman–Crippen MR) is 97.3 cm³/mol. The van der Waals surface area contributed by atoms with E-state index in [0.29, 0.717) is 12.5 Å². The molecule has 3 atom stereocenters. The molecule has 2 fully saturated rings. The maximum absolute atomic E-state index is 13.5. The van der Waals surface area contributed by atoms with Crippen LogP contribution in [0.1, 0.15) is 22.7 Å². The summed E-state index contributed by atoms with van der Waals surface area (Å²) in [6, 6.07) is 14.9. The molecule has 1 N–H and O–H groups in total. The van der Waals surface area contributed by atoms with Crippen molar-refractivity contribution < 1.29 is 14.3 Å². The van der Waals surface area contributed by atoms with Gasteiger partial charge in [-0.2, -0.15) is 0 Å². The molecule has 2 aromatic rings. The van der Waals surface area contributed by atoms with Gasteiger partial charge in [-0.1, -0.05) is 36.4 Å². The van der Waals surface area contributed by atoms with Crippen molar-refractivity contribution in [2.75, 3.05) is 19.6 Å². The topological polar surface area (TPSA) is 43.8 Å². The van der Waals surface area contributed by atoms with Gasteiger partial charge in [-0.25, -0.2) is 9.18 Å². The molecule has 0 radical (unpaired) electrons. The lowest BCUT2D eigenvalue weighted by Gasteiger charge is -2.29. The Kier molecular flexibility index (Phi) is 4.41. The second-order valence-corrected chi connectivity index (χ2v) is 7.48. The first-order valence-electron chi connectivity index (χ1n) is 9.05. The van der Waals surface area contributed by atoms with E-state index in [1.165, 1.54) is 17.7 Å². The molecule has 0 spiro atoms. The van der Waals surface area contributed by atoms with Gasteiger partial charge >= 0.3 is 6.09 Å². The number of hydrogen-bond acceptors (Lipinski definition) is 2. The highest BCUT2D eigenvalue weighted by Crippen LogP contribution is 2.46. The fourth-order valence-corrected chi connectivity index (χ4v) is 4.67. The van der Waals surface area contributed by atoms with Gasteiger partial charge < -0.3 is 10.0 Å². The van der Waals surface area contributed by atoms with Gasteiger partial charge in [-0.15, -0.1) is 0 Å². The molecule has 2 aromatic carbocycles. The molecule has 4 nitrogen and oxygen atoms in total. The Hall–Kier alpha value is -2.40. The molecule has 26 heavy (non-hydrogen) atoms. The zero-order valence-electron chi connectivity index (χ0n) is 14.8. The lowest BCUT2D eigenvalue weighted by Crippen LogP contribution is -2.35. The van der Waals surface area contributed by atoms with E-state index in [4.69, 9.17) is 0 Å². The fraction of sp³-hybridized carbons (Fsp3) is 0.381. The molecule has 0 aromatic heterocycles. The number of likely N-dealkylation sites (tertiary alicyclic amines) is 2. The van der Waals surface area contributed by atoms with E-state index in [2.05, 4.69) is 17.0 Å². The summed E-state index contributed by atoms with van der Waals surface area (Å²) in [5.74, 6) is 0.294. The molecule has 2 saturated heterocycles. The number of carbonyl (C=O) groups is 1. The molecule has 3 unspecified atom stereocenters. The summed E-state index contributed by atoms with van der Waals surface area (Å²) in [6.45, 7) is 5.07. The first kappa shape index (κ1) is 17.0. The minimum Gasteiger partial charge on any atom is -0.465 e. The van der Waals surface area contributed by atoms with Crippen molar-refractivity contribution >= 4 is 6.09 Å². The molecule has 136 valence electrons. The largest absolute Gasteiger partial charge is 0.465 e. The first-order valence-corrected chi connectivity index (χ1v) is 9.05. The van der Waals surface area contributed by atoms with Crippen molar-refractivity contribution in [3.05, 3.63) is 71.0 Å². The molecule has 5 heteroatoms. The summed E-state index contributed by atoms with van der Waals surface area (Å²) in [5.41, 5.74) is 3.03. The van der Waals surface area contributed by atoms with Gasteiger partial charge in [0.1, 0.15) is 5.82 Å². The number of benzene rings is 2. The van der Waals surface area contributed by atoms with Crippen LogP contribution >= 0.6 is 0 Å². The Morgan fingerprint density at radius 1 is 1.15 bits per heavy atom. The number of amides is 1.